The van der Waals surface area contributed by atoms with Gasteiger partial charge in [0.15, 0.2) is 0 Å². The number of nitrogens with two attached hydrogens (primary N) is 1. The first kappa shape index (κ1) is 13.8. The fraction of sp³-hybridized carbons (Fsp3) is 0.929. The molecule has 1 aliphatic heterocycles. The highest BCUT2D eigenvalue weighted by Crippen LogP contribution is 2.29. The van der Waals surface area contributed by atoms with E-state index in [-0.39, 0.29) is 18.1 Å². The molecule has 2 fully saturated rings. The molecule has 0 aromatic heterocycles. The van der Waals surface area contributed by atoms with E-state index >= 15 is 0 Å². The Morgan fingerprint density at radius 3 is 2.78 bits per heavy atom. The van der Waals surface area contributed by atoms with Crippen molar-refractivity contribution in [3.8, 4) is 0 Å². The topological polar surface area (TPSA) is 55.6 Å². The molecule has 2 rings (SSSR count). The summed E-state index contributed by atoms with van der Waals surface area (Å²) in [6.45, 7) is 6.19. The third kappa shape index (κ3) is 3.23. The molecule has 0 bridgehead atoms. The Labute approximate surface area is 110 Å². The van der Waals surface area contributed by atoms with E-state index in [1.165, 1.54) is 19.3 Å². The zero-order valence-corrected chi connectivity index (χ0v) is 11.6. The molecule has 1 saturated carbocycles. The molecule has 1 saturated heterocycles. The summed E-state index contributed by atoms with van der Waals surface area (Å²) in [6.07, 6.45) is 4.45. The van der Waals surface area contributed by atoms with Crippen LogP contribution < -0.4 is 5.73 Å². The zero-order valence-electron chi connectivity index (χ0n) is 11.6. The second-order valence-electron chi connectivity index (χ2n) is 5.87. The maximum Gasteiger partial charge on any atom is 0.251 e. The lowest BCUT2D eigenvalue weighted by molar-refractivity contribution is -0.147. The van der Waals surface area contributed by atoms with E-state index in [0.29, 0.717) is 18.4 Å². The second-order valence-corrected chi connectivity index (χ2v) is 5.87. The highest BCUT2D eigenvalue weighted by Gasteiger charge is 2.33. The van der Waals surface area contributed by atoms with Crippen LogP contribution in [0.2, 0.25) is 0 Å². The maximum atomic E-state index is 12.4. The normalized spacial score (nSPS) is 30.3. The average Bonchev–Trinajstić information content (AvgIpc) is 3.18. The smallest absolute Gasteiger partial charge is 0.251 e. The molecule has 4 heteroatoms. The lowest BCUT2D eigenvalue weighted by Gasteiger charge is -2.40. The molecule has 0 aromatic carbocycles. The van der Waals surface area contributed by atoms with Crippen LogP contribution in [-0.4, -0.2) is 42.6 Å². The van der Waals surface area contributed by atoms with E-state index in [1.807, 2.05) is 11.8 Å². The minimum absolute atomic E-state index is 0.123. The average molecular weight is 254 g/mol. The molecule has 2 aliphatic rings. The summed E-state index contributed by atoms with van der Waals surface area (Å²) < 4.78 is 5.68. The maximum absolute atomic E-state index is 12.4. The molecule has 1 amide bonds. The third-order valence-electron chi connectivity index (χ3n) is 4.27. The molecule has 2 N–H and O–H groups in total. The van der Waals surface area contributed by atoms with Crippen molar-refractivity contribution in [2.24, 2.45) is 17.6 Å². The summed E-state index contributed by atoms with van der Waals surface area (Å²) in [7, 11) is 0. The molecule has 4 nitrogen and oxygen atoms in total. The minimum Gasteiger partial charge on any atom is -0.368 e. The van der Waals surface area contributed by atoms with E-state index in [1.54, 1.807) is 0 Å². The van der Waals surface area contributed by atoms with Crippen LogP contribution in [0.5, 0.6) is 0 Å². The first-order chi connectivity index (χ1) is 8.63. The standard InChI is InChI=1S/C14H26N2O2/c1-10-4-3-7-16(13(10)8-15)14(17)11(2)18-9-12-5-6-12/h10-13H,3-9,15H2,1-2H3/t10-,11+,13-/m1/s1. The predicted octanol–water partition coefficient (Wildman–Crippen LogP) is 1.39. The molecule has 0 aromatic rings. The minimum atomic E-state index is -0.315. The Hall–Kier alpha value is -0.610. The van der Waals surface area contributed by atoms with E-state index in [4.69, 9.17) is 10.5 Å². The number of piperidine rings is 1. The molecule has 1 aliphatic carbocycles. The van der Waals surface area contributed by atoms with Gasteiger partial charge in [-0.25, -0.2) is 0 Å². The van der Waals surface area contributed by atoms with Crippen molar-refractivity contribution < 1.29 is 9.53 Å². The second kappa shape index (κ2) is 6.02. The van der Waals surface area contributed by atoms with Gasteiger partial charge in [0, 0.05) is 19.1 Å². The molecule has 104 valence electrons. The largest absolute Gasteiger partial charge is 0.368 e. The van der Waals surface area contributed by atoms with E-state index < -0.39 is 0 Å². The van der Waals surface area contributed by atoms with Crippen LogP contribution in [0.1, 0.15) is 39.5 Å². The number of hydrogen-bond donors (Lipinski definition) is 1. The summed E-state index contributed by atoms with van der Waals surface area (Å²) in [5.74, 6) is 1.33. The molecular formula is C14H26N2O2. The van der Waals surface area contributed by atoms with Gasteiger partial charge in [-0.1, -0.05) is 6.92 Å². The van der Waals surface area contributed by atoms with Crippen LogP contribution in [0.3, 0.4) is 0 Å². The first-order valence-corrected chi connectivity index (χ1v) is 7.25. The van der Waals surface area contributed by atoms with E-state index in [9.17, 15) is 4.79 Å². The number of likely N-dealkylation sites (tertiary alicyclic amines) is 1. The van der Waals surface area contributed by atoms with E-state index in [0.717, 1.165) is 19.6 Å². The fourth-order valence-electron chi connectivity index (χ4n) is 2.75. The van der Waals surface area contributed by atoms with Crippen molar-refractivity contribution >= 4 is 5.91 Å². The highest BCUT2D eigenvalue weighted by atomic mass is 16.5. The lowest BCUT2D eigenvalue weighted by atomic mass is 9.90. The number of carbonyl (C=O) groups is 1. The Balaban J connectivity index is 1.88. The molecule has 1 heterocycles. The summed E-state index contributed by atoms with van der Waals surface area (Å²) >= 11 is 0. The van der Waals surface area contributed by atoms with Crippen molar-refractivity contribution in [1.29, 1.82) is 0 Å². The van der Waals surface area contributed by atoms with Gasteiger partial charge < -0.3 is 15.4 Å². The van der Waals surface area contributed by atoms with Gasteiger partial charge in [0.2, 0.25) is 0 Å². The van der Waals surface area contributed by atoms with Crippen molar-refractivity contribution in [3.05, 3.63) is 0 Å². The third-order valence-corrected chi connectivity index (χ3v) is 4.27. The zero-order chi connectivity index (χ0) is 13.1. The fourth-order valence-corrected chi connectivity index (χ4v) is 2.75. The van der Waals surface area contributed by atoms with Crippen LogP contribution in [0.25, 0.3) is 0 Å². The molecule has 3 atom stereocenters. The first-order valence-electron chi connectivity index (χ1n) is 7.25. The van der Waals surface area contributed by atoms with Gasteiger partial charge in [-0.15, -0.1) is 0 Å². The van der Waals surface area contributed by atoms with Gasteiger partial charge in [-0.05, 0) is 44.4 Å². The number of rotatable bonds is 5. The summed E-state index contributed by atoms with van der Waals surface area (Å²) in [4.78, 5) is 14.3. The monoisotopic (exact) mass is 254 g/mol. The van der Waals surface area contributed by atoms with Crippen LogP contribution in [-0.2, 0) is 9.53 Å². The molecule has 0 unspecified atom stereocenters. The highest BCUT2D eigenvalue weighted by molar-refractivity contribution is 5.81. The summed E-state index contributed by atoms with van der Waals surface area (Å²) in [6, 6.07) is 0.193. The molecule has 18 heavy (non-hydrogen) atoms. The van der Waals surface area contributed by atoms with Crippen molar-refractivity contribution in [2.75, 3.05) is 19.7 Å². The Bertz CT molecular complexity index is 292. The summed E-state index contributed by atoms with van der Waals surface area (Å²) in [5.41, 5.74) is 5.82. The number of ether oxygens (including phenoxy) is 1. The van der Waals surface area contributed by atoms with E-state index in [2.05, 4.69) is 6.92 Å². The van der Waals surface area contributed by atoms with Gasteiger partial charge in [-0.3, -0.25) is 4.79 Å². The van der Waals surface area contributed by atoms with Gasteiger partial charge in [0.1, 0.15) is 6.10 Å². The van der Waals surface area contributed by atoms with Gasteiger partial charge in [0.25, 0.3) is 5.91 Å². The van der Waals surface area contributed by atoms with Gasteiger partial charge in [-0.2, -0.15) is 0 Å². The number of hydrogen-bond acceptors (Lipinski definition) is 3. The molecule has 0 radical (unpaired) electrons. The van der Waals surface area contributed by atoms with Crippen molar-refractivity contribution in [3.63, 3.8) is 0 Å². The number of nitrogens with zero attached hydrogens (tertiary/aromatic N) is 1. The number of carbonyl (C=O) groups excluding carboxylic acids is 1. The van der Waals surface area contributed by atoms with Crippen LogP contribution in [0.15, 0.2) is 0 Å². The lowest BCUT2D eigenvalue weighted by Crippen LogP contribution is -2.54. The summed E-state index contributed by atoms with van der Waals surface area (Å²) in [5, 5.41) is 0. The predicted molar refractivity (Wildman–Crippen MR) is 71.1 cm³/mol. The van der Waals surface area contributed by atoms with Crippen LogP contribution >= 0.6 is 0 Å². The van der Waals surface area contributed by atoms with Gasteiger partial charge in [0.05, 0.1) is 6.61 Å². The molecule has 0 spiro atoms. The SMILES string of the molecule is C[C@H](OCC1CC1)C(=O)N1CCC[C@@H](C)[C@H]1CN. The van der Waals surface area contributed by atoms with Crippen LogP contribution in [0, 0.1) is 11.8 Å². The molecular weight excluding hydrogens is 228 g/mol. The van der Waals surface area contributed by atoms with Crippen molar-refractivity contribution in [1.82, 2.24) is 4.90 Å². The Morgan fingerprint density at radius 2 is 2.17 bits per heavy atom. The van der Waals surface area contributed by atoms with Crippen molar-refractivity contribution in [2.45, 2.75) is 51.7 Å². The Kier molecular flexibility index (Phi) is 4.62. The van der Waals surface area contributed by atoms with Gasteiger partial charge >= 0.3 is 0 Å². The Morgan fingerprint density at radius 1 is 1.44 bits per heavy atom. The number of amides is 1. The van der Waals surface area contributed by atoms with Crippen LogP contribution in [0.4, 0.5) is 0 Å². The quantitative estimate of drug-likeness (QED) is 0.806.